The number of benzene rings is 2. The van der Waals surface area contributed by atoms with Crippen LogP contribution < -0.4 is 19.3 Å². The number of nitrogens with zero attached hydrogens (tertiary/aromatic N) is 2. The van der Waals surface area contributed by atoms with E-state index in [1.165, 1.54) is 31.3 Å². The first-order valence-corrected chi connectivity index (χ1v) is 10.3. The molecule has 28 heavy (non-hydrogen) atoms. The predicted octanol–water partition coefficient (Wildman–Crippen LogP) is 2.83. The van der Waals surface area contributed by atoms with Crippen molar-refractivity contribution in [2.75, 3.05) is 42.4 Å². The van der Waals surface area contributed by atoms with Gasteiger partial charge in [-0.25, -0.2) is 8.42 Å². The fourth-order valence-electron chi connectivity index (χ4n) is 3.15. The second-order valence-corrected chi connectivity index (χ2v) is 8.50. The molecule has 0 bridgehead atoms. The fraction of sp³-hybridized carbons (Fsp3) is 0.368. The molecule has 0 unspecified atom stereocenters. The molecular weight excluding hydrogens is 388 g/mol. The molecule has 0 saturated carbocycles. The van der Waals surface area contributed by atoms with E-state index in [9.17, 15) is 17.2 Å². The monoisotopic (exact) mass is 411 g/mol. The summed E-state index contributed by atoms with van der Waals surface area (Å²) in [5.74, 6) is -0.0973. The fourth-order valence-corrected chi connectivity index (χ4v) is 4.36. The summed E-state index contributed by atoms with van der Waals surface area (Å²) in [5.41, 5.74) is 2.11. The van der Waals surface area contributed by atoms with Gasteiger partial charge in [-0.3, -0.25) is 4.31 Å². The maximum absolute atomic E-state index is 13.1. The van der Waals surface area contributed by atoms with Crippen LogP contribution in [-0.2, 0) is 10.0 Å². The third kappa shape index (κ3) is 4.36. The molecule has 6 nitrogen and oxygen atoms in total. The number of nitrogens with one attached hydrogen (secondary N) is 1. The molecule has 1 aliphatic heterocycles. The maximum Gasteiger partial charge on any atom is 0.387 e. The predicted molar refractivity (Wildman–Crippen MR) is 105 cm³/mol. The Bertz CT molecular complexity index is 932. The van der Waals surface area contributed by atoms with Crippen LogP contribution in [0.4, 0.5) is 20.2 Å². The molecule has 0 aromatic heterocycles. The molecule has 2 aromatic rings. The van der Waals surface area contributed by atoms with Crippen molar-refractivity contribution < 1.29 is 21.9 Å². The van der Waals surface area contributed by atoms with Crippen LogP contribution in [0.3, 0.4) is 0 Å². The standard InChI is InChI=1S/C19H23F2N3O3S/c1-14-6-7-17(13-18(14)24-10-8-22-9-11-24)28(25,26)23(2)15-4-3-5-16(12-15)27-19(20)21/h3-7,12-13,19,22H,8-11H2,1-2H3. The van der Waals surface area contributed by atoms with E-state index in [0.717, 1.165) is 41.7 Å². The van der Waals surface area contributed by atoms with E-state index in [4.69, 9.17) is 0 Å². The second kappa shape index (κ2) is 8.32. The largest absolute Gasteiger partial charge is 0.435 e. The first kappa shape index (κ1) is 20.3. The lowest BCUT2D eigenvalue weighted by atomic mass is 10.1. The number of hydrogen-bond donors (Lipinski definition) is 1. The summed E-state index contributed by atoms with van der Waals surface area (Å²) in [7, 11) is -2.48. The summed E-state index contributed by atoms with van der Waals surface area (Å²) in [4.78, 5) is 2.30. The summed E-state index contributed by atoms with van der Waals surface area (Å²) in [6.45, 7) is 2.25. The van der Waals surface area contributed by atoms with E-state index in [0.29, 0.717) is 0 Å². The Morgan fingerprint density at radius 1 is 1.14 bits per heavy atom. The summed E-state index contributed by atoms with van der Waals surface area (Å²) >= 11 is 0. The van der Waals surface area contributed by atoms with E-state index < -0.39 is 16.6 Å². The number of aryl methyl sites for hydroxylation is 1. The van der Waals surface area contributed by atoms with Gasteiger partial charge in [-0.05, 0) is 36.8 Å². The van der Waals surface area contributed by atoms with Gasteiger partial charge >= 0.3 is 6.61 Å². The summed E-state index contributed by atoms with van der Waals surface area (Å²) in [6, 6.07) is 10.6. The van der Waals surface area contributed by atoms with Crippen LogP contribution >= 0.6 is 0 Å². The van der Waals surface area contributed by atoms with E-state index in [2.05, 4.69) is 15.0 Å². The number of piperazine rings is 1. The average Bonchev–Trinajstić information content (AvgIpc) is 2.68. The minimum absolute atomic E-state index is 0.0973. The number of halogens is 2. The number of anilines is 2. The van der Waals surface area contributed by atoms with Gasteiger partial charge in [0, 0.05) is 45.0 Å². The van der Waals surface area contributed by atoms with Crippen LogP contribution in [-0.4, -0.2) is 48.3 Å². The summed E-state index contributed by atoms with van der Waals surface area (Å²) in [6.07, 6.45) is 0. The van der Waals surface area contributed by atoms with E-state index in [1.807, 2.05) is 6.92 Å². The van der Waals surface area contributed by atoms with E-state index in [1.54, 1.807) is 18.2 Å². The highest BCUT2D eigenvalue weighted by molar-refractivity contribution is 7.92. The number of ether oxygens (including phenoxy) is 1. The van der Waals surface area contributed by atoms with Crippen LogP contribution in [0.5, 0.6) is 5.75 Å². The molecule has 1 heterocycles. The molecule has 0 spiro atoms. The smallest absolute Gasteiger partial charge is 0.387 e. The van der Waals surface area contributed by atoms with Crippen molar-refractivity contribution >= 4 is 21.4 Å². The van der Waals surface area contributed by atoms with E-state index >= 15 is 0 Å². The zero-order valence-corrected chi connectivity index (χ0v) is 16.5. The Kier molecular flexibility index (Phi) is 6.04. The van der Waals surface area contributed by atoms with Crippen molar-refractivity contribution in [3.05, 3.63) is 48.0 Å². The Balaban J connectivity index is 1.92. The molecule has 0 radical (unpaired) electrons. The Morgan fingerprint density at radius 2 is 1.86 bits per heavy atom. The normalized spacial score (nSPS) is 15.0. The van der Waals surface area contributed by atoms with Crippen LogP contribution in [0.2, 0.25) is 0 Å². The number of hydrogen-bond acceptors (Lipinski definition) is 5. The van der Waals surface area contributed by atoms with Crippen molar-refractivity contribution in [2.24, 2.45) is 0 Å². The lowest BCUT2D eigenvalue weighted by Gasteiger charge is -2.31. The minimum Gasteiger partial charge on any atom is -0.435 e. The molecular formula is C19H23F2N3O3S. The van der Waals surface area contributed by atoms with Crippen molar-refractivity contribution in [2.45, 2.75) is 18.4 Å². The van der Waals surface area contributed by atoms with Crippen molar-refractivity contribution in [3.63, 3.8) is 0 Å². The van der Waals surface area contributed by atoms with Crippen LogP contribution in [0, 0.1) is 6.92 Å². The van der Waals surface area contributed by atoms with Gasteiger partial charge in [0.1, 0.15) is 5.75 Å². The van der Waals surface area contributed by atoms with E-state index in [-0.39, 0.29) is 16.3 Å². The van der Waals surface area contributed by atoms with Crippen molar-refractivity contribution in [1.29, 1.82) is 0 Å². The number of alkyl halides is 2. The highest BCUT2D eigenvalue weighted by atomic mass is 32.2. The first-order chi connectivity index (χ1) is 13.3. The molecule has 1 N–H and O–H groups in total. The summed E-state index contributed by atoms with van der Waals surface area (Å²) in [5, 5.41) is 3.27. The number of rotatable bonds is 6. The molecule has 0 aliphatic carbocycles. The molecule has 2 aromatic carbocycles. The Hall–Kier alpha value is -2.39. The highest BCUT2D eigenvalue weighted by Gasteiger charge is 2.24. The molecule has 0 amide bonds. The van der Waals surface area contributed by atoms with Gasteiger partial charge in [0.2, 0.25) is 0 Å². The van der Waals surface area contributed by atoms with Crippen LogP contribution in [0.25, 0.3) is 0 Å². The lowest BCUT2D eigenvalue weighted by molar-refractivity contribution is -0.0498. The first-order valence-electron chi connectivity index (χ1n) is 8.89. The molecule has 152 valence electrons. The molecule has 0 atom stereocenters. The second-order valence-electron chi connectivity index (χ2n) is 6.53. The van der Waals surface area contributed by atoms with Crippen LogP contribution in [0.1, 0.15) is 5.56 Å². The van der Waals surface area contributed by atoms with Gasteiger partial charge in [-0.1, -0.05) is 12.1 Å². The molecule has 3 rings (SSSR count). The average molecular weight is 411 g/mol. The van der Waals surface area contributed by atoms with Gasteiger partial charge in [-0.2, -0.15) is 8.78 Å². The van der Waals surface area contributed by atoms with Gasteiger partial charge < -0.3 is 15.0 Å². The third-order valence-corrected chi connectivity index (χ3v) is 6.48. The molecule has 9 heteroatoms. The SMILES string of the molecule is Cc1ccc(S(=O)(=O)N(C)c2cccc(OC(F)F)c2)cc1N1CCNCC1. The molecule has 1 fully saturated rings. The zero-order valence-electron chi connectivity index (χ0n) is 15.7. The van der Waals surface area contributed by atoms with Crippen LogP contribution in [0.15, 0.2) is 47.4 Å². The van der Waals surface area contributed by atoms with Crippen molar-refractivity contribution in [3.8, 4) is 5.75 Å². The lowest BCUT2D eigenvalue weighted by Crippen LogP contribution is -2.43. The molecule has 1 aliphatic rings. The Morgan fingerprint density at radius 3 is 2.54 bits per heavy atom. The summed E-state index contributed by atoms with van der Waals surface area (Å²) < 4.78 is 56.6. The quantitative estimate of drug-likeness (QED) is 0.792. The van der Waals surface area contributed by atoms with Gasteiger partial charge in [-0.15, -0.1) is 0 Å². The van der Waals surface area contributed by atoms with Gasteiger partial charge in [0.05, 0.1) is 10.6 Å². The third-order valence-electron chi connectivity index (χ3n) is 4.70. The topological polar surface area (TPSA) is 61.9 Å². The van der Waals surface area contributed by atoms with Gasteiger partial charge in [0.25, 0.3) is 10.0 Å². The Labute approximate surface area is 163 Å². The zero-order chi connectivity index (χ0) is 20.3. The maximum atomic E-state index is 13.1. The van der Waals surface area contributed by atoms with Gasteiger partial charge in [0.15, 0.2) is 0 Å². The number of sulfonamides is 1. The molecule has 1 saturated heterocycles. The highest BCUT2D eigenvalue weighted by Crippen LogP contribution is 2.29. The van der Waals surface area contributed by atoms with Crippen molar-refractivity contribution in [1.82, 2.24) is 5.32 Å². The minimum atomic E-state index is -3.87.